The van der Waals surface area contributed by atoms with Crippen LogP contribution in [0.25, 0.3) is 0 Å². The largest absolute Gasteiger partial charge is 0.340 e. The molecule has 0 unspecified atom stereocenters. The number of terminal acetylenes is 1. The Balaban J connectivity index is 1.97. The Morgan fingerprint density at radius 3 is 2.73 bits per heavy atom. The number of hydrogen-bond acceptors (Lipinski definition) is 3. The number of benzene rings is 1. The molecular formula is C16H13BrN2O2S. The van der Waals surface area contributed by atoms with Gasteiger partial charge in [-0.15, -0.1) is 17.8 Å². The zero-order valence-electron chi connectivity index (χ0n) is 11.7. The smallest absolute Gasteiger partial charge is 0.262 e. The van der Waals surface area contributed by atoms with Gasteiger partial charge in [0.15, 0.2) is 0 Å². The average molecular weight is 377 g/mol. The van der Waals surface area contributed by atoms with Gasteiger partial charge in [-0.2, -0.15) is 0 Å². The molecule has 0 aliphatic rings. The van der Waals surface area contributed by atoms with Crippen molar-refractivity contribution in [2.45, 2.75) is 13.0 Å². The maximum Gasteiger partial charge on any atom is 0.262 e. The quantitative estimate of drug-likeness (QED) is 0.804. The summed E-state index contributed by atoms with van der Waals surface area (Å²) in [7, 11) is 0. The summed E-state index contributed by atoms with van der Waals surface area (Å²) in [5, 5.41) is 5.38. The van der Waals surface area contributed by atoms with Gasteiger partial charge in [0.2, 0.25) is 5.91 Å². The Bertz CT molecular complexity index is 749. The molecule has 0 fully saturated rings. The second-order valence-electron chi connectivity index (χ2n) is 4.51. The first-order valence-electron chi connectivity index (χ1n) is 6.43. The molecular weight excluding hydrogens is 364 g/mol. The van der Waals surface area contributed by atoms with Gasteiger partial charge in [0, 0.05) is 11.3 Å². The van der Waals surface area contributed by atoms with Gasteiger partial charge in [0.25, 0.3) is 5.91 Å². The molecule has 0 saturated carbocycles. The molecule has 0 aliphatic heterocycles. The fourth-order valence-corrected chi connectivity index (χ4v) is 3.00. The summed E-state index contributed by atoms with van der Waals surface area (Å²) >= 11 is 4.61. The lowest BCUT2D eigenvalue weighted by atomic mass is 10.2. The molecule has 0 aliphatic carbocycles. The minimum Gasteiger partial charge on any atom is -0.340 e. The maximum atomic E-state index is 12.1. The lowest BCUT2D eigenvalue weighted by molar-refractivity contribution is -0.117. The van der Waals surface area contributed by atoms with E-state index in [4.69, 9.17) is 6.42 Å². The van der Waals surface area contributed by atoms with E-state index in [1.165, 1.54) is 11.3 Å². The van der Waals surface area contributed by atoms with Crippen molar-refractivity contribution in [2.75, 3.05) is 5.32 Å². The molecule has 1 aromatic carbocycles. The Morgan fingerprint density at radius 2 is 2.09 bits per heavy atom. The highest BCUT2D eigenvalue weighted by atomic mass is 79.9. The number of halogens is 1. The molecule has 0 saturated heterocycles. The van der Waals surface area contributed by atoms with Crippen LogP contribution in [-0.2, 0) is 4.79 Å². The molecule has 0 bridgehead atoms. The third kappa shape index (κ3) is 4.20. The Kier molecular flexibility index (Phi) is 5.36. The summed E-state index contributed by atoms with van der Waals surface area (Å²) in [6.07, 6.45) is 5.32. The van der Waals surface area contributed by atoms with Crippen molar-refractivity contribution in [1.82, 2.24) is 5.32 Å². The molecule has 112 valence electrons. The van der Waals surface area contributed by atoms with Crippen LogP contribution in [0.1, 0.15) is 22.2 Å². The standard InChI is InChI=1S/C16H13BrN2O2S/c1-3-11-5-4-6-12(9-11)19-15(20)10(2)18-16(21)13-7-8-14(17)22-13/h1,4-10H,2H3,(H,18,21)(H,19,20)/t10-/m0/s1. The van der Waals surface area contributed by atoms with Crippen molar-refractivity contribution in [3.8, 4) is 12.3 Å². The van der Waals surface area contributed by atoms with Gasteiger partial charge in [-0.25, -0.2) is 0 Å². The molecule has 2 aromatic rings. The van der Waals surface area contributed by atoms with E-state index < -0.39 is 6.04 Å². The van der Waals surface area contributed by atoms with Crippen LogP contribution in [0.4, 0.5) is 5.69 Å². The van der Waals surface area contributed by atoms with Gasteiger partial charge in [-0.05, 0) is 53.2 Å². The van der Waals surface area contributed by atoms with Gasteiger partial charge >= 0.3 is 0 Å². The number of carbonyl (C=O) groups excluding carboxylic acids is 2. The van der Waals surface area contributed by atoms with Crippen LogP contribution < -0.4 is 10.6 Å². The minimum atomic E-state index is -0.664. The predicted octanol–water partition coefficient (Wildman–Crippen LogP) is 3.25. The zero-order chi connectivity index (χ0) is 16.1. The summed E-state index contributed by atoms with van der Waals surface area (Å²) in [4.78, 5) is 24.6. The number of amides is 2. The topological polar surface area (TPSA) is 58.2 Å². The van der Waals surface area contributed by atoms with Gasteiger partial charge in [-0.3, -0.25) is 9.59 Å². The molecule has 1 aromatic heterocycles. The van der Waals surface area contributed by atoms with Crippen LogP contribution >= 0.6 is 27.3 Å². The molecule has 6 heteroatoms. The highest BCUT2D eigenvalue weighted by molar-refractivity contribution is 9.11. The molecule has 2 rings (SSSR count). The van der Waals surface area contributed by atoms with Crippen molar-refractivity contribution in [1.29, 1.82) is 0 Å². The molecule has 4 nitrogen and oxygen atoms in total. The number of thiophene rings is 1. The number of anilines is 1. The van der Waals surface area contributed by atoms with Crippen molar-refractivity contribution < 1.29 is 9.59 Å². The summed E-state index contributed by atoms with van der Waals surface area (Å²) in [6, 6.07) is 9.79. The van der Waals surface area contributed by atoms with Crippen LogP contribution in [0.3, 0.4) is 0 Å². The maximum absolute atomic E-state index is 12.1. The van der Waals surface area contributed by atoms with E-state index in [-0.39, 0.29) is 11.8 Å². The summed E-state index contributed by atoms with van der Waals surface area (Å²) in [6.45, 7) is 1.63. The van der Waals surface area contributed by atoms with Crippen LogP contribution in [-0.4, -0.2) is 17.9 Å². The van der Waals surface area contributed by atoms with Crippen molar-refractivity contribution in [2.24, 2.45) is 0 Å². The van der Waals surface area contributed by atoms with Gasteiger partial charge in [0.05, 0.1) is 8.66 Å². The zero-order valence-corrected chi connectivity index (χ0v) is 14.1. The number of rotatable bonds is 4. The summed E-state index contributed by atoms with van der Waals surface area (Å²) in [5.74, 6) is 1.91. The van der Waals surface area contributed by atoms with Gasteiger partial charge in [0.1, 0.15) is 6.04 Å². The molecule has 22 heavy (non-hydrogen) atoms. The van der Waals surface area contributed by atoms with Crippen molar-refractivity contribution in [3.63, 3.8) is 0 Å². The fraction of sp³-hybridized carbons (Fsp3) is 0.125. The van der Waals surface area contributed by atoms with Crippen LogP contribution in [0.2, 0.25) is 0 Å². The second-order valence-corrected chi connectivity index (χ2v) is 6.98. The Labute approximate surface area is 141 Å². The molecule has 0 radical (unpaired) electrons. The molecule has 1 atom stereocenters. The first-order valence-corrected chi connectivity index (χ1v) is 8.04. The predicted molar refractivity (Wildman–Crippen MR) is 92.0 cm³/mol. The number of carbonyl (C=O) groups is 2. The third-order valence-corrected chi connectivity index (χ3v) is 4.46. The second kappa shape index (κ2) is 7.25. The molecule has 2 N–H and O–H groups in total. The fourth-order valence-electron chi connectivity index (χ4n) is 1.71. The Morgan fingerprint density at radius 1 is 1.32 bits per heavy atom. The number of nitrogens with one attached hydrogen (secondary N) is 2. The lowest BCUT2D eigenvalue weighted by Gasteiger charge is -2.13. The summed E-state index contributed by atoms with van der Waals surface area (Å²) < 4.78 is 0.862. The van der Waals surface area contributed by atoms with E-state index in [9.17, 15) is 9.59 Å². The third-order valence-electron chi connectivity index (χ3n) is 2.83. The molecule has 2 amide bonds. The van der Waals surface area contributed by atoms with E-state index in [0.717, 1.165) is 3.79 Å². The minimum absolute atomic E-state index is 0.282. The molecule has 0 spiro atoms. The Hall–Kier alpha value is -2.10. The normalized spacial score (nSPS) is 11.3. The highest BCUT2D eigenvalue weighted by Gasteiger charge is 2.17. The molecule has 1 heterocycles. The monoisotopic (exact) mass is 376 g/mol. The first-order chi connectivity index (χ1) is 10.5. The number of hydrogen-bond donors (Lipinski definition) is 2. The van der Waals surface area contributed by atoms with Crippen LogP contribution in [0.15, 0.2) is 40.2 Å². The van der Waals surface area contributed by atoms with E-state index in [1.54, 1.807) is 43.3 Å². The highest BCUT2D eigenvalue weighted by Crippen LogP contribution is 2.22. The van der Waals surface area contributed by atoms with E-state index in [2.05, 4.69) is 32.5 Å². The SMILES string of the molecule is C#Cc1cccc(NC(=O)[C@H](C)NC(=O)c2ccc(Br)s2)c1. The average Bonchev–Trinajstić information content (AvgIpc) is 2.94. The van der Waals surface area contributed by atoms with Gasteiger partial charge in [-0.1, -0.05) is 12.0 Å². The van der Waals surface area contributed by atoms with Crippen LogP contribution in [0, 0.1) is 12.3 Å². The first kappa shape index (κ1) is 16.3. The van der Waals surface area contributed by atoms with E-state index in [1.807, 2.05) is 0 Å². The van der Waals surface area contributed by atoms with Crippen LogP contribution in [0.5, 0.6) is 0 Å². The van der Waals surface area contributed by atoms with Crippen molar-refractivity contribution >= 4 is 44.8 Å². The van der Waals surface area contributed by atoms with Gasteiger partial charge < -0.3 is 10.6 Å². The van der Waals surface area contributed by atoms with E-state index in [0.29, 0.717) is 16.1 Å². The lowest BCUT2D eigenvalue weighted by Crippen LogP contribution is -2.41. The van der Waals surface area contributed by atoms with E-state index >= 15 is 0 Å². The van der Waals surface area contributed by atoms with Crippen molar-refractivity contribution in [3.05, 3.63) is 50.6 Å². The summed E-state index contributed by atoms with van der Waals surface area (Å²) in [5.41, 5.74) is 1.28.